The monoisotopic (exact) mass is 471 g/mol. The molecule has 0 amide bonds. The predicted octanol–water partition coefficient (Wildman–Crippen LogP) is 5.17. The first kappa shape index (κ1) is 23.0. The molecule has 174 valence electrons. The smallest absolute Gasteiger partial charge is 0.306 e. The number of fused-ring (bicyclic) bond motifs is 1. The van der Waals surface area contributed by atoms with E-state index in [1.165, 1.54) is 18.2 Å². The number of nitrogens with zero attached hydrogens (tertiary/aromatic N) is 2. The fourth-order valence-electron chi connectivity index (χ4n) is 3.72. The second-order valence-corrected chi connectivity index (χ2v) is 7.69. The van der Waals surface area contributed by atoms with Gasteiger partial charge in [-0.05, 0) is 29.8 Å². The summed E-state index contributed by atoms with van der Waals surface area (Å²) in [5, 5.41) is 0. The van der Waals surface area contributed by atoms with E-state index in [1.807, 2.05) is 0 Å². The molecule has 0 aliphatic carbocycles. The summed E-state index contributed by atoms with van der Waals surface area (Å²) in [5.41, 5.74) is -1.28. The number of hydrogen-bond donors (Lipinski definition) is 1. The van der Waals surface area contributed by atoms with E-state index < -0.39 is 34.9 Å². The second kappa shape index (κ2) is 8.29. The molecule has 4 nitrogen and oxygen atoms in total. The number of alkyl halides is 6. The van der Waals surface area contributed by atoms with Crippen LogP contribution in [0.25, 0.3) is 11.4 Å². The van der Waals surface area contributed by atoms with Crippen LogP contribution in [0.4, 0.5) is 30.7 Å². The molecule has 1 aliphatic rings. The van der Waals surface area contributed by atoms with Gasteiger partial charge in [0.2, 0.25) is 0 Å². The Bertz CT molecular complexity index is 1230. The summed E-state index contributed by atoms with van der Waals surface area (Å²) in [7, 11) is 0. The van der Waals surface area contributed by atoms with Gasteiger partial charge in [0.1, 0.15) is 11.6 Å². The zero-order valence-corrected chi connectivity index (χ0v) is 16.8. The van der Waals surface area contributed by atoms with Crippen molar-refractivity contribution in [1.29, 1.82) is 0 Å². The molecule has 0 spiro atoms. The fraction of sp³-hybridized carbons (Fsp3) is 0.273. The maximum atomic E-state index is 13.5. The van der Waals surface area contributed by atoms with Gasteiger partial charge < -0.3 is 4.98 Å². The molecule has 0 saturated heterocycles. The lowest BCUT2D eigenvalue weighted by atomic mass is 10.0. The van der Waals surface area contributed by atoms with Crippen molar-refractivity contribution in [3.05, 3.63) is 86.6 Å². The first-order valence-electron chi connectivity index (χ1n) is 9.79. The van der Waals surface area contributed by atoms with Crippen LogP contribution in [0.15, 0.2) is 47.3 Å². The van der Waals surface area contributed by atoms with Crippen molar-refractivity contribution in [2.45, 2.75) is 31.9 Å². The fourth-order valence-corrected chi connectivity index (χ4v) is 3.72. The van der Waals surface area contributed by atoms with Gasteiger partial charge in [0.15, 0.2) is 0 Å². The van der Waals surface area contributed by atoms with E-state index in [9.17, 15) is 35.5 Å². The van der Waals surface area contributed by atoms with Gasteiger partial charge in [0.05, 0.1) is 22.4 Å². The maximum absolute atomic E-state index is 13.5. The quantitative estimate of drug-likeness (QED) is 0.537. The SMILES string of the molecule is O=c1[nH]c(-c2ccc(C(F)(F)F)cc2)nc2c1CN(Cc1ccc(F)c(C(F)(F)F)c1)CC2. The average molecular weight is 471 g/mol. The lowest BCUT2D eigenvalue weighted by molar-refractivity contribution is -0.140. The third-order valence-corrected chi connectivity index (χ3v) is 5.38. The molecule has 0 saturated carbocycles. The summed E-state index contributed by atoms with van der Waals surface area (Å²) >= 11 is 0. The van der Waals surface area contributed by atoms with Gasteiger partial charge in [0.25, 0.3) is 5.56 Å². The van der Waals surface area contributed by atoms with Crippen LogP contribution in [0.3, 0.4) is 0 Å². The van der Waals surface area contributed by atoms with Gasteiger partial charge in [-0.1, -0.05) is 18.2 Å². The highest BCUT2D eigenvalue weighted by atomic mass is 19.4. The van der Waals surface area contributed by atoms with E-state index in [-0.39, 0.29) is 24.5 Å². The van der Waals surface area contributed by atoms with Crippen molar-refractivity contribution in [3.8, 4) is 11.4 Å². The van der Waals surface area contributed by atoms with E-state index in [1.54, 1.807) is 4.90 Å². The molecule has 33 heavy (non-hydrogen) atoms. The Balaban J connectivity index is 1.54. The number of aromatic nitrogens is 2. The van der Waals surface area contributed by atoms with Gasteiger partial charge in [0, 0.05) is 31.6 Å². The van der Waals surface area contributed by atoms with Crippen LogP contribution in [0.2, 0.25) is 0 Å². The van der Waals surface area contributed by atoms with Gasteiger partial charge in [-0.2, -0.15) is 26.3 Å². The van der Waals surface area contributed by atoms with E-state index in [4.69, 9.17) is 0 Å². The normalized spacial score (nSPS) is 14.9. The number of nitrogens with one attached hydrogen (secondary N) is 1. The minimum atomic E-state index is -4.82. The molecule has 2 heterocycles. The number of halogens is 7. The third-order valence-electron chi connectivity index (χ3n) is 5.38. The summed E-state index contributed by atoms with van der Waals surface area (Å²) in [5.74, 6) is -1.22. The number of aromatic amines is 1. The van der Waals surface area contributed by atoms with Crippen LogP contribution in [0.5, 0.6) is 0 Å². The zero-order valence-electron chi connectivity index (χ0n) is 16.8. The standard InChI is InChI=1S/C22H16F7N3O/c23-17-6-1-12(9-16(17)22(27,28)29)10-32-8-7-18-15(11-32)20(33)31-19(30-18)13-2-4-14(5-3-13)21(24,25)26/h1-6,9H,7-8,10-11H2,(H,30,31,33). The molecule has 0 radical (unpaired) electrons. The van der Waals surface area contributed by atoms with E-state index in [0.29, 0.717) is 29.8 Å². The molecule has 3 aromatic rings. The first-order valence-corrected chi connectivity index (χ1v) is 9.79. The van der Waals surface area contributed by atoms with Crippen molar-refractivity contribution in [2.75, 3.05) is 6.54 Å². The Morgan fingerprint density at radius 2 is 1.67 bits per heavy atom. The largest absolute Gasteiger partial charge is 0.419 e. The van der Waals surface area contributed by atoms with Gasteiger partial charge in [-0.15, -0.1) is 0 Å². The molecule has 0 unspecified atom stereocenters. The van der Waals surface area contributed by atoms with Crippen LogP contribution in [-0.4, -0.2) is 21.4 Å². The molecule has 0 bridgehead atoms. The molecule has 11 heteroatoms. The number of H-pyrrole nitrogens is 1. The summed E-state index contributed by atoms with van der Waals surface area (Å²) in [6.07, 6.45) is -8.98. The molecule has 2 aromatic carbocycles. The van der Waals surface area contributed by atoms with E-state index >= 15 is 0 Å². The highest BCUT2D eigenvalue weighted by Gasteiger charge is 2.34. The summed E-state index contributed by atoms with van der Waals surface area (Å²) in [6, 6.07) is 7.01. The molecule has 0 atom stereocenters. The zero-order chi connectivity index (χ0) is 24.0. The topological polar surface area (TPSA) is 49.0 Å². The molecule has 1 aromatic heterocycles. The first-order chi connectivity index (χ1) is 15.4. The van der Waals surface area contributed by atoms with Crippen LogP contribution in [-0.2, 0) is 31.9 Å². The Labute approximate surface area is 182 Å². The van der Waals surface area contributed by atoms with Crippen molar-refractivity contribution >= 4 is 0 Å². The second-order valence-electron chi connectivity index (χ2n) is 7.69. The lowest BCUT2D eigenvalue weighted by Gasteiger charge is -2.28. The Morgan fingerprint density at radius 3 is 2.30 bits per heavy atom. The molecule has 1 N–H and O–H groups in total. The number of rotatable bonds is 3. The van der Waals surface area contributed by atoms with Gasteiger partial charge in [-0.3, -0.25) is 9.69 Å². The average Bonchev–Trinajstić information content (AvgIpc) is 2.74. The van der Waals surface area contributed by atoms with Crippen molar-refractivity contribution in [3.63, 3.8) is 0 Å². The molecule has 1 aliphatic heterocycles. The molecular weight excluding hydrogens is 455 g/mol. The number of benzene rings is 2. The lowest BCUT2D eigenvalue weighted by Crippen LogP contribution is -2.35. The highest BCUT2D eigenvalue weighted by Crippen LogP contribution is 2.33. The predicted molar refractivity (Wildman–Crippen MR) is 105 cm³/mol. The minimum absolute atomic E-state index is 0.0723. The van der Waals surface area contributed by atoms with E-state index in [0.717, 1.165) is 24.3 Å². The van der Waals surface area contributed by atoms with E-state index in [2.05, 4.69) is 9.97 Å². The van der Waals surface area contributed by atoms with Crippen molar-refractivity contribution < 1.29 is 30.7 Å². The Hall–Kier alpha value is -3.21. The maximum Gasteiger partial charge on any atom is 0.419 e. The molecule has 0 fully saturated rings. The summed E-state index contributed by atoms with van der Waals surface area (Å²) < 4.78 is 90.6. The molecular formula is C22H16F7N3O. The molecule has 4 rings (SSSR count). The Kier molecular flexibility index (Phi) is 5.77. The van der Waals surface area contributed by atoms with Crippen LogP contribution in [0, 0.1) is 5.82 Å². The van der Waals surface area contributed by atoms with Gasteiger partial charge in [-0.25, -0.2) is 9.37 Å². The van der Waals surface area contributed by atoms with Crippen LogP contribution < -0.4 is 5.56 Å². The Morgan fingerprint density at radius 1 is 0.970 bits per heavy atom. The minimum Gasteiger partial charge on any atom is -0.306 e. The number of hydrogen-bond acceptors (Lipinski definition) is 3. The van der Waals surface area contributed by atoms with Crippen molar-refractivity contribution in [2.24, 2.45) is 0 Å². The third kappa shape index (κ3) is 4.92. The van der Waals surface area contributed by atoms with Crippen molar-refractivity contribution in [1.82, 2.24) is 14.9 Å². The van der Waals surface area contributed by atoms with Crippen LogP contribution in [0.1, 0.15) is 27.9 Å². The van der Waals surface area contributed by atoms with Gasteiger partial charge >= 0.3 is 12.4 Å². The van der Waals surface area contributed by atoms with Crippen LogP contribution >= 0.6 is 0 Å². The summed E-state index contributed by atoms with van der Waals surface area (Å²) in [4.78, 5) is 21.3. The highest BCUT2D eigenvalue weighted by molar-refractivity contribution is 5.56. The summed E-state index contributed by atoms with van der Waals surface area (Å²) in [6.45, 7) is 0.571.